The van der Waals surface area contributed by atoms with Crippen molar-refractivity contribution in [2.24, 2.45) is 11.7 Å². The average Bonchev–Trinajstić information content (AvgIpc) is 2.04. The molecule has 0 aromatic rings. The molecule has 1 rings (SSSR count). The summed E-state index contributed by atoms with van der Waals surface area (Å²) >= 11 is 0. The molecule has 0 spiro atoms. The van der Waals surface area contributed by atoms with E-state index in [2.05, 4.69) is 0 Å². The Kier molecular flexibility index (Phi) is 5.29. The maximum absolute atomic E-state index is 10.5. The molecule has 13 heavy (non-hydrogen) atoms. The first-order valence-corrected chi connectivity index (χ1v) is 4.27. The van der Waals surface area contributed by atoms with E-state index in [1.807, 2.05) is 0 Å². The zero-order chi connectivity index (χ0) is 9.14. The molecule has 0 amide bonds. The van der Waals surface area contributed by atoms with Crippen LogP contribution < -0.4 is 5.73 Å². The number of carboxylic acid groups (broad SMARTS) is 1. The quantitative estimate of drug-likeness (QED) is 0.614. The summed E-state index contributed by atoms with van der Waals surface area (Å²) in [5.41, 5.74) is 5.46. The number of hydrogen-bond donors (Lipinski definition) is 3. The first kappa shape index (κ1) is 12.7. The third-order valence-electron chi connectivity index (χ3n) is 2.53. The van der Waals surface area contributed by atoms with E-state index in [9.17, 15) is 4.79 Å². The van der Waals surface area contributed by atoms with E-state index >= 15 is 0 Å². The van der Waals surface area contributed by atoms with Gasteiger partial charge < -0.3 is 15.9 Å². The lowest BCUT2D eigenvalue weighted by Crippen LogP contribution is -2.40. The van der Waals surface area contributed by atoms with Gasteiger partial charge in [-0.15, -0.1) is 12.4 Å². The molecule has 4 nitrogen and oxygen atoms in total. The molecule has 78 valence electrons. The van der Waals surface area contributed by atoms with Gasteiger partial charge in [-0.3, -0.25) is 4.79 Å². The van der Waals surface area contributed by atoms with Crippen molar-refractivity contribution < 1.29 is 15.0 Å². The highest BCUT2D eigenvalue weighted by atomic mass is 35.5. The average molecular weight is 210 g/mol. The van der Waals surface area contributed by atoms with Crippen molar-refractivity contribution in [1.29, 1.82) is 0 Å². The van der Waals surface area contributed by atoms with Crippen LogP contribution in [0.1, 0.15) is 25.7 Å². The molecule has 1 saturated carbocycles. The number of aliphatic hydroxyl groups excluding tert-OH is 1. The molecular weight excluding hydrogens is 194 g/mol. The van der Waals surface area contributed by atoms with E-state index in [0.717, 1.165) is 12.8 Å². The standard InChI is InChI=1S/C8H15NO3.ClH/c9-7(8(11)12)5-1-3-6(10)4-2-5;/h5-7,10H,1-4,9H2,(H,11,12);1H/t5?,6?,7-;/m0./s1. The molecule has 0 bridgehead atoms. The van der Waals surface area contributed by atoms with Gasteiger partial charge in [0.25, 0.3) is 0 Å². The summed E-state index contributed by atoms with van der Waals surface area (Å²) < 4.78 is 0. The predicted molar refractivity (Wildman–Crippen MR) is 50.8 cm³/mol. The minimum absolute atomic E-state index is 0. The Labute approximate surface area is 83.5 Å². The number of nitrogens with two attached hydrogens (primary N) is 1. The molecule has 0 heterocycles. The highest BCUT2D eigenvalue weighted by Gasteiger charge is 2.28. The molecule has 0 aromatic heterocycles. The summed E-state index contributed by atoms with van der Waals surface area (Å²) in [7, 11) is 0. The van der Waals surface area contributed by atoms with Gasteiger partial charge in [-0.2, -0.15) is 0 Å². The lowest BCUT2D eigenvalue weighted by molar-refractivity contribution is -0.140. The normalized spacial score (nSPS) is 30.3. The van der Waals surface area contributed by atoms with Gasteiger partial charge in [0.05, 0.1) is 6.10 Å². The Hall–Kier alpha value is -0.320. The van der Waals surface area contributed by atoms with Crippen LogP contribution in [0.3, 0.4) is 0 Å². The topological polar surface area (TPSA) is 83.6 Å². The second-order valence-corrected chi connectivity index (χ2v) is 3.43. The number of carbonyl (C=O) groups is 1. The van der Waals surface area contributed by atoms with Crippen molar-refractivity contribution >= 4 is 18.4 Å². The number of rotatable bonds is 2. The SMILES string of the molecule is Cl.N[C@H](C(=O)O)C1CCC(O)CC1. The molecule has 1 fully saturated rings. The Balaban J connectivity index is 0.00000144. The van der Waals surface area contributed by atoms with E-state index in [0.29, 0.717) is 12.8 Å². The predicted octanol–water partition coefficient (Wildman–Crippen LogP) is 0.371. The van der Waals surface area contributed by atoms with E-state index < -0.39 is 12.0 Å². The summed E-state index contributed by atoms with van der Waals surface area (Å²) in [5, 5.41) is 17.8. The molecule has 1 aliphatic rings. The Morgan fingerprint density at radius 3 is 2.15 bits per heavy atom. The fourth-order valence-corrected chi connectivity index (χ4v) is 1.66. The van der Waals surface area contributed by atoms with E-state index in [1.165, 1.54) is 0 Å². The van der Waals surface area contributed by atoms with Gasteiger partial charge in [0.2, 0.25) is 0 Å². The zero-order valence-electron chi connectivity index (χ0n) is 7.35. The summed E-state index contributed by atoms with van der Waals surface area (Å²) in [6.07, 6.45) is 2.59. The lowest BCUT2D eigenvalue weighted by atomic mass is 9.83. The summed E-state index contributed by atoms with van der Waals surface area (Å²) in [5.74, 6) is -0.887. The van der Waals surface area contributed by atoms with Crippen molar-refractivity contribution in [3.8, 4) is 0 Å². The van der Waals surface area contributed by atoms with Gasteiger partial charge in [0, 0.05) is 0 Å². The molecule has 1 atom stereocenters. The third-order valence-corrected chi connectivity index (χ3v) is 2.53. The first-order valence-electron chi connectivity index (χ1n) is 4.27. The Morgan fingerprint density at radius 1 is 1.31 bits per heavy atom. The summed E-state index contributed by atoms with van der Waals surface area (Å²) in [4.78, 5) is 10.5. The fourth-order valence-electron chi connectivity index (χ4n) is 1.66. The van der Waals surface area contributed by atoms with Crippen LogP contribution >= 0.6 is 12.4 Å². The summed E-state index contributed by atoms with van der Waals surface area (Å²) in [6.45, 7) is 0. The van der Waals surface area contributed by atoms with E-state index in [1.54, 1.807) is 0 Å². The van der Waals surface area contributed by atoms with Crippen LogP contribution in [0.15, 0.2) is 0 Å². The largest absolute Gasteiger partial charge is 0.480 e. The van der Waals surface area contributed by atoms with Gasteiger partial charge >= 0.3 is 5.97 Å². The van der Waals surface area contributed by atoms with E-state index in [4.69, 9.17) is 15.9 Å². The number of hydrogen-bond acceptors (Lipinski definition) is 3. The fraction of sp³-hybridized carbons (Fsp3) is 0.875. The van der Waals surface area contributed by atoms with E-state index in [-0.39, 0.29) is 24.4 Å². The minimum atomic E-state index is -0.934. The van der Waals surface area contributed by atoms with Gasteiger partial charge in [0.1, 0.15) is 6.04 Å². The van der Waals surface area contributed by atoms with Crippen LogP contribution in [-0.4, -0.2) is 28.3 Å². The van der Waals surface area contributed by atoms with Crippen molar-refractivity contribution in [2.75, 3.05) is 0 Å². The van der Waals surface area contributed by atoms with Gasteiger partial charge in [0.15, 0.2) is 0 Å². The maximum atomic E-state index is 10.5. The Bertz CT molecular complexity index is 169. The van der Waals surface area contributed by atoms with Crippen molar-refractivity contribution in [3.05, 3.63) is 0 Å². The molecule has 4 N–H and O–H groups in total. The number of halogens is 1. The van der Waals surface area contributed by atoms with Crippen molar-refractivity contribution in [3.63, 3.8) is 0 Å². The molecule has 0 aliphatic heterocycles. The molecule has 1 aliphatic carbocycles. The smallest absolute Gasteiger partial charge is 0.320 e. The first-order chi connectivity index (χ1) is 5.61. The van der Waals surface area contributed by atoms with Crippen molar-refractivity contribution in [1.82, 2.24) is 0 Å². The molecule has 0 unspecified atom stereocenters. The van der Waals surface area contributed by atoms with Crippen molar-refractivity contribution in [2.45, 2.75) is 37.8 Å². The maximum Gasteiger partial charge on any atom is 0.320 e. The number of aliphatic carboxylic acids is 1. The monoisotopic (exact) mass is 209 g/mol. The zero-order valence-corrected chi connectivity index (χ0v) is 8.17. The van der Waals surface area contributed by atoms with Crippen LogP contribution in [0.2, 0.25) is 0 Å². The molecule has 5 heteroatoms. The highest BCUT2D eigenvalue weighted by Crippen LogP contribution is 2.25. The highest BCUT2D eigenvalue weighted by molar-refractivity contribution is 5.85. The Morgan fingerprint density at radius 2 is 1.77 bits per heavy atom. The molecular formula is C8H16ClNO3. The molecule has 0 aromatic carbocycles. The van der Waals surface area contributed by atoms with Crippen LogP contribution in [0.4, 0.5) is 0 Å². The summed E-state index contributed by atoms with van der Waals surface area (Å²) in [6, 6.07) is -0.752. The lowest BCUT2D eigenvalue weighted by Gasteiger charge is -2.27. The van der Waals surface area contributed by atoms with Crippen LogP contribution in [-0.2, 0) is 4.79 Å². The van der Waals surface area contributed by atoms with Crippen LogP contribution in [0.5, 0.6) is 0 Å². The number of aliphatic hydroxyl groups is 1. The molecule has 0 saturated heterocycles. The number of carboxylic acids is 1. The van der Waals surface area contributed by atoms with Crippen LogP contribution in [0.25, 0.3) is 0 Å². The second-order valence-electron chi connectivity index (χ2n) is 3.43. The van der Waals surface area contributed by atoms with Gasteiger partial charge in [-0.1, -0.05) is 0 Å². The van der Waals surface area contributed by atoms with Crippen LogP contribution in [0, 0.1) is 5.92 Å². The molecule has 0 radical (unpaired) electrons. The minimum Gasteiger partial charge on any atom is -0.480 e. The second kappa shape index (κ2) is 5.42. The van der Waals surface area contributed by atoms with Gasteiger partial charge in [-0.05, 0) is 31.6 Å². The third kappa shape index (κ3) is 3.50. The van der Waals surface area contributed by atoms with Gasteiger partial charge in [-0.25, -0.2) is 0 Å².